The van der Waals surface area contributed by atoms with Crippen molar-refractivity contribution in [1.82, 2.24) is 20.9 Å². The van der Waals surface area contributed by atoms with Crippen LogP contribution in [0, 0.1) is 11.8 Å². The summed E-state index contributed by atoms with van der Waals surface area (Å²) in [6.07, 6.45) is -1.30. The van der Waals surface area contributed by atoms with E-state index in [4.69, 9.17) is 9.47 Å². The highest BCUT2D eigenvalue weighted by Crippen LogP contribution is 2.17. The zero-order valence-corrected chi connectivity index (χ0v) is 25.4. The molecule has 2 rings (SSSR count). The van der Waals surface area contributed by atoms with Gasteiger partial charge in [0.2, 0.25) is 11.8 Å². The number of likely N-dealkylation sites (tertiary alicyclic amines) is 1. The second-order valence-electron chi connectivity index (χ2n) is 12.5. The van der Waals surface area contributed by atoms with E-state index < -0.39 is 47.9 Å². The molecule has 4 amide bonds. The van der Waals surface area contributed by atoms with Gasteiger partial charge in [-0.15, -0.1) is 0 Å². The highest BCUT2D eigenvalue weighted by atomic mass is 16.6. The Morgan fingerprint density at radius 1 is 0.951 bits per heavy atom. The Labute approximate surface area is 243 Å². The fraction of sp³-hybridized carbons (Fsp3) is 0.667. The number of aliphatic hydroxyl groups is 1. The average Bonchev–Trinajstić information content (AvgIpc) is 2.86. The molecule has 1 aliphatic heterocycles. The average molecular weight is 577 g/mol. The molecule has 1 aliphatic rings. The molecule has 2 unspecified atom stereocenters. The largest absolute Gasteiger partial charge is 0.445 e. The maximum Gasteiger partial charge on any atom is 0.408 e. The highest BCUT2D eigenvalue weighted by molar-refractivity contribution is 5.87. The van der Waals surface area contributed by atoms with Gasteiger partial charge in [-0.2, -0.15) is 0 Å². The molecule has 41 heavy (non-hydrogen) atoms. The van der Waals surface area contributed by atoms with Crippen LogP contribution in [0.15, 0.2) is 30.3 Å². The number of hydrogen-bond donors (Lipinski definition) is 4. The maximum atomic E-state index is 13.4. The summed E-state index contributed by atoms with van der Waals surface area (Å²) in [6.45, 7) is 13.4. The lowest BCUT2D eigenvalue weighted by Gasteiger charge is -2.38. The first kappa shape index (κ1) is 33.9. The van der Waals surface area contributed by atoms with Crippen molar-refractivity contribution in [2.75, 3.05) is 13.1 Å². The number of ether oxygens (including phenoxy) is 2. The number of hydrogen-bond acceptors (Lipinski definition) is 7. The predicted molar refractivity (Wildman–Crippen MR) is 155 cm³/mol. The molecule has 1 aromatic rings. The van der Waals surface area contributed by atoms with E-state index in [-0.39, 0.29) is 37.4 Å². The Bertz CT molecular complexity index is 1010. The van der Waals surface area contributed by atoms with Gasteiger partial charge in [0.15, 0.2) is 0 Å². The monoisotopic (exact) mass is 576 g/mol. The summed E-state index contributed by atoms with van der Waals surface area (Å²) in [7, 11) is 0. The Hall–Kier alpha value is -3.34. The van der Waals surface area contributed by atoms with E-state index in [1.165, 1.54) is 4.90 Å². The fourth-order valence-electron chi connectivity index (χ4n) is 4.56. The molecule has 0 saturated carbocycles. The predicted octanol–water partition coefficient (Wildman–Crippen LogP) is 3.34. The van der Waals surface area contributed by atoms with E-state index in [0.717, 1.165) is 5.56 Å². The summed E-state index contributed by atoms with van der Waals surface area (Å²) in [5.41, 5.74) is 0.123. The van der Waals surface area contributed by atoms with Crippen molar-refractivity contribution in [2.45, 2.75) is 104 Å². The number of rotatable bonds is 11. The number of nitrogens with zero attached hydrogens (tertiary/aromatic N) is 1. The van der Waals surface area contributed by atoms with Crippen molar-refractivity contribution in [3.63, 3.8) is 0 Å². The molecule has 0 bridgehead atoms. The minimum Gasteiger partial charge on any atom is -0.445 e. The van der Waals surface area contributed by atoms with Crippen molar-refractivity contribution in [3.05, 3.63) is 35.9 Å². The summed E-state index contributed by atoms with van der Waals surface area (Å²) in [5.74, 6) is -0.497. The summed E-state index contributed by atoms with van der Waals surface area (Å²) in [5, 5.41) is 19.0. The van der Waals surface area contributed by atoms with E-state index in [1.54, 1.807) is 20.8 Å². The number of amides is 4. The molecule has 0 radical (unpaired) electrons. The van der Waals surface area contributed by atoms with Crippen molar-refractivity contribution < 1.29 is 33.8 Å². The number of carbonyl (C=O) groups excluding carboxylic acids is 4. The van der Waals surface area contributed by atoms with Crippen LogP contribution < -0.4 is 16.0 Å². The van der Waals surface area contributed by atoms with Gasteiger partial charge in [-0.05, 0) is 57.4 Å². The first-order chi connectivity index (χ1) is 19.1. The molecule has 11 heteroatoms. The summed E-state index contributed by atoms with van der Waals surface area (Å²) >= 11 is 0. The van der Waals surface area contributed by atoms with Crippen LogP contribution in [-0.4, -0.2) is 76.9 Å². The van der Waals surface area contributed by atoms with Crippen molar-refractivity contribution in [3.8, 4) is 0 Å². The lowest BCUT2D eigenvalue weighted by molar-refractivity contribution is -0.138. The quantitative estimate of drug-likeness (QED) is 0.316. The minimum atomic E-state index is -1.03. The van der Waals surface area contributed by atoms with Gasteiger partial charge < -0.3 is 35.4 Å². The number of β-amino-alcohol motifs (C(OH)–C–C–N with tert-alkyl or cyclic N) is 1. The van der Waals surface area contributed by atoms with E-state index in [2.05, 4.69) is 16.0 Å². The van der Waals surface area contributed by atoms with Gasteiger partial charge in [0.25, 0.3) is 0 Å². The van der Waals surface area contributed by atoms with Crippen LogP contribution >= 0.6 is 0 Å². The molecule has 4 atom stereocenters. The molecule has 1 fully saturated rings. The van der Waals surface area contributed by atoms with Gasteiger partial charge in [0, 0.05) is 13.1 Å². The normalized spacial score (nSPS) is 18.8. The molecule has 0 spiro atoms. The summed E-state index contributed by atoms with van der Waals surface area (Å²) in [4.78, 5) is 52.8. The second-order valence-corrected chi connectivity index (χ2v) is 12.5. The van der Waals surface area contributed by atoms with Gasteiger partial charge >= 0.3 is 12.2 Å². The number of aliphatic hydroxyl groups excluding tert-OH is 1. The van der Waals surface area contributed by atoms with Crippen molar-refractivity contribution in [2.24, 2.45) is 11.8 Å². The minimum absolute atomic E-state index is 0.00649. The topological polar surface area (TPSA) is 146 Å². The highest BCUT2D eigenvalue weighted by Gasteiger charge is 2.36. The van der Waals surface area contributed by atoms with Crippen LogP contribution in [0.25, 0.3) is 0 Å². The third-order valence-electron chi connectivity index (χ3n) is 6.45. The lowest BCUT2D eigenvalue weighted by Crippen LogP contribution is -2.60. The molecule has 4 N–H and O–H groups in total. The van der Waals surface area contributed by atoms with E-state index in [1.807, 2.05) is 58.0 Å². The number of benzene rings is 1. The molecular weight excluding hydrogens is 528 g/mol. The molecule has 0 aliphatic carbocycles. The van der Waals surface area contributed by atoms with E-state index >= 15 is 0 Å². The first-order valence-corrected chi connectivity index (χ1v) is 14.4. The molecular formula is C30H48N4O7. The second kappa shape index (κ2) is 15.6. The Morgan fingerprint density at radius 2 is 1.54 bits per heavy atom. The van der Waals surface area contributed by atoms with Crippen molar-refractivity contribution in [1.29, 1.82) is 0 Å². The van der Waals surface area contributed by atoms with E-state index in [9.17, 15) is 24.3 Å². The van der Waals surface area contributed by atoms with Crippen LogP contribution in [0.1, 0.15) is 73.3 Å². The third kappa shape index (κ3) is 12.4. The summed E-state index contributed by atoms with van der Waals surface area (Å²) < 4.78 is 10.6. The number of piperidine rings is 1. The molecule has 11 nitrogen and oxygen atoms in total. The number of alkyl carbamates (subject to hydrolysis) is 2. The number of nitrogens with one attached hydrogen (secondary N) is 3. The Balaban J connectivity index is 1.97. The van der Waals surface area contributed by atoms with Crippen LogP contribution in [0.5, 0.6) is 0 Å². The van der Waals surface area contributed by atoms with Crippen LogP contribution in [0.2, 0.25) is 0 Å². The lowest BCUT2D eigenvalue weighted by atomic mass is 9.97. The number of carbonyl (C=O) groups is 4. The fourth-order valence-corrected chi connectivity index (χ4v) is 4.56. The maximum absolute atomic E-state index is 13.4. The van der Waals surface area contributed by atoms with Gasteiger partial charge in [0.05, 0.1) is 12.1 Å². The molecule has 1 aromatic carbocycles. The van der Waals surface area contributed by atoms with Crippen molar-refractivity contribution >= 4 is 24.0 Å². The third-order valence-corrected chi connectivity index (χ3v) is 6.45. The van der Waals surface area contributed by atoms with E-state index in [0.29, 0.717) is 19.3 Å². The molecule has 1 saturated heterocycles. The van der Waals surface area contributed by atoms with Gasteiger partial charge in [-0.3, -0.25) is 9.59 Å². The zero-order valence-electron chi connectivity index (χ0n) is 25.4. The summed E-state index contributed by atoms with van der Waals surface area (Å²) in [6, 6.07) is 6.99. The molecule has 1 heterocycles. The molecule has 230 valence electrons. The standard InChI is InChI=1S/C30H48N4O7/c1-19(2)15-23(32-29(39)41-30(5,6)7)26(36)31-22-13-14-34(17-25(22)35)27(37)24(16-20(3)4)33-28(38)40-18-21-11-9-8-10-12-21/h8-12,19-20,22-25,35H,13-18H2,1-7H3,(H,31,36)(H,32,39)(H,33,38)/t22?,23-,24-,25?/m0/s1. The van der Waals surface area contributed by atoms with Gasteiger partial charge in [0.1, 0.15) is 24.3 Å². The zero-order chi connectivity index (χ0) is 30.7. The Morgan fingerprint density at radius 3 is 2.10 bits per heavy atom. The first-order valence-electron chi connectivity index (χ1n) is 14.4. The van der Waals surface area contributed by atoms with Crippen LogP contribution in [-0.2, 0) is 25.7 Å². The Kier molecular flexibility index (Phi) is 12.9. The SMILES string of the molecule is CC(C)C[C@H](NC(=O)OC(C)(C)C)C(=O)NC1CCN(C(=O)[C@H](CC(C)C)NC(=O)OCc2ccccc2)CC1O. The van der Waals surface area contributed by atoms with Gasteiger partial charge in [-0.25, -0.2) is 9.59 Å². The van der Waals surface area contributed by atoms with Crippen LogP contribution in [0.4, 0.5) is 9.59 Å². The van der Waals surface area contributed by atoms with Gasteiger partial charge in [-0.1, -0.05) is 58.0 Å². The smallest absolute Gasteiger partial charge is 0.408 e. The van der Waals surface area contributed by atoms with Crippen LogP contribution in [0.3, 0.4) is 0 Å². The molecule has 0 aromatic heterocycles.